The van der Waals surface area contributed by atoms with Crippen LogP contribution in [0.4, 0.5) is 15.8 Å². The fourth-order valence-electron chi connectivity index (χ4n) is 1.76. The maximum absolute atomic E-state index is 14.3. The molecule has 0 aliphatic heterocycles. The van der Waals surface area contributed by atoms with Crippen LogP contribution in [0.5, 0.6) is 5.75 Å². The molecule has 0 aliphatic rings. The lowest BCUT2D eigenvalue weighted by atomic mass is 10.2. The summed E-state index contributed by atoms with van der Waals surface area (Å²) in [5, 5.41) is 3.45. The maximum atomic E-state index is 14.3. The molecule has 0 unspecified atom stereocenters. The van der Waals surface area contributed by atoms with Crippen molar-refractivity contribution in [2.24, 2.45) is 5.73 Å². The highest BCUT2D eigenvalue weighted by molar-refractivity contribution is 9.10. The standard InChI is InChI=1S/C14H11BrClFN2OS/c1-20-11-5-2-7(16)6-10(11)19-9-4-3-8(14(18)21)12(15)13(9)17/h2-6,19H,1H3,(H2,18,21). The Balaban J connectivity index is 2.43. The molecule has 0 aliphatic carbocycles. The van der Waals surface area contributed by atoms with Gasteiger partial charge < -0.3 is 15.8 Å². The molecule has 3 N–H and O–H groups in total. The number of anilines is 2. The highest BCUT2D eigenvalue weighted by Crippen LogP contribution is 2.34. The Morgan fingerprint density at radius 3 is 2.67 bits per heavy atom. The van der Waals surface area contributed by atoms with E-state index in [4.69, 9.17) is 34.3 Å². The third-order valence-electron chi connectivity index (χ3n) is 2.78. The van der Waals surface area contributed by atoms with Gasteiger partial charge in [0.25, 0.3) is 0 Å². The van der Waals surface area contributed by atoms with Crippen LogP contribution in [0.15, 0.2) is 34.8 Å². The lowest BCUT2D eigenvalue weighted by Crippen LogP contribution is -2.11. The molecular weight excluding hydrogens is 379 g/mol. The SMILES string of the molecule is COc1ccc(Cl)cc1Nc1ccc(C(N)=S)c(Br)c1F. The van der Waals surface area contributed by atoms with Crippen LogP contribution in [-0.4, -0.2) is 12.1 Å². The van der Waals surface area contributed by atoms with Crippen LogP contribution in [0.3, 0.4) is 0 Å². The third-order valence-corrected chi connectivity index (χ3v) is 4.01. The Bertz CT molecular complexity index is 712. The van der Waals surface area contributed by atoms with Crippen LogP contribution >= 0.6 is 39.7 Å². The lowest BCUT2D eigenvalue weighted by molar-refractivity contribution is 0.417. The fourth-order valence-corrected chi connectivity index (χ4v) is 2.79. The lowest BCUT2D eigenvalue weighted by Gasteiger charge is -2.14. The van der Waals surface area contributed by atoms with Crippen LogP contribution in [0.25, 0.3) is 0 Å². The van der Waals surface area contributed by atoms with E-state index in [1.165, 1.54) is 7.11 Å². The molecule has 0 spiro atoms. The molecule has 2 aromatic rings. The largest absolute Gasteiger partial charge is 0.495 e. The summed E-state index contributed by atoms with van der Waals surface area (Å²) < 4.78 is 19.8. The van der Waals surface area contributed by atoms with Gasteiger partial charge in [-0.25, -0.2) is 4.39 Å². The molecule has 0 saturated heterocycles. The molecule has 0 bridgehead atoms. The van der Waals surface area contributed by atoms with E-state index in [0.717, 1.165) is 0 Å². The molecule has 2 rings (SSSR count). The number of nitrogens with one attached hydrogen (secondary N) is 1. The minimum absolute atomic E-state index is 0.118. The van der Waals surface area contributed by atoms with Crippen LogP contribution in [0, 0.1) is 5.82 Å². The van der Waals surface area contributed by atoms with Crippen LogP contribution in [0.1, 0.15) is 5.56 Å². The van der Waals surface area contributed by atoms with E-state index in [9.17, 15) is 4.39 Å². The van der Waals surface area contributed by atoms with Crippen molar-refractivity contribution in [3.8, 4) is 5.75 Å². The van der Waals surface area contributed by atoms with Crippen molar-refractivity contribution < 1.29 is 9.13 Å². The number of halogens is 3. The van der Waals surface area contributed by atoms with Crippen molar-refractivity contribution >= 4 is 56.1 Å². The van der Waals surface area contributed by atoms with Gasteiger partial charge in [-0.05, 0) is 46.3 Å². The summed E-state index contributed by atoms with van der Waals surface area (Å²) in [6.07, 6.45) is 0. The number of nitrogens with two attached hydrogens (primary N) is 1. The van der Waals surface area contributed by atoms with Gasteiger partial charge >= 0.3 is 0 Å². The van der Waals surface area contributed by atoms with E-state index < -0.39 is 5.82 Å². The number of ether oxygens (including phenoxy) is 1. The molecule has 0 amide bonds. The van der Waals surface area contributed by atoms with E-state index in [1.54, 1.807) is 30.3 Å². The van der Waals surface area contributed by atoms with Crippen molar-refractivity contribution in [3.05, 3.63) is 51.2 Å². The van der Waals surface area contributed by atoms with E-state index >= 15 is 0 Å². The second-order valence-electron chi connectivity index (χ2n) is 4.12. The molecule has 0 fully saturated rings. The Labute approximate surface area is 140 Å². The first-order valence-electron chi connectivity index (χ1n) is 5.82. The van der Waals surface area contributed by atoms with E-state index in [1.807, 2.05) is 0 Å². The first-order valence-corrected chi connectivity index (χ1v) is 7.40. The van der Waals surface area contributed by atoms with Crippen molar-refractivity contribution in [3.63, 3.8) is 0 Å². The molecule has 2 aromatic carbocycles. The summed E-state index contributed by atoms with van der Waals surface area (Å²) in [7, 11) is 1.52. The number of rotatable bonds is 4. The molecule has 7 heteroatoms. The van der Waals surface area contributed by atoms with Gasteiger partial charge in [-0.2, -0.15) is 0 Å². The Kier molecular flexibility index (Phi) is 5.03. The van der Waals surface area contributed by atoms with E-state index in [2.05, 4.69) is 21.2 Å². The summed E-state index contributed by atoms with van der Waals surface area (Å²) in [6, 6.07) is 8.22. The van der Waals surface area contributed by atoms with Crippen LogP contribution in [-0.2, 0) is 0 Å². The zero-order valence-corrected chi connectivity index (χ0v) is 14.1. The molecular formula is C14H11BrClFN2OS. The smallest absolute Gasteiger partial charge is 0.161 e. The summed E-state index contributed by atoms with van der Waals surface area (Å²) in [6.45, 7) is 0. The van der Waals surface area contributed by atoms with E-state index in [0.29, 0.717) is 22.0 Å². The number of thiocarbonyl (C=S) groups is 1. The highest BCUT2D eigenvalue weighted by Gasteiger charge is 2.14. The molecule has 21 heavy (non-hydrogen) atoms. The topological polar surface area (TPSA) is 47.3 Å². The van der Waals surface area contributed by atoms with E-state index in [-0.39, 0.29) is 15.1 Å². The zero-order chi connectivity index (χ0) is 15.6. The average molecular weight is 390 g/mol. The monoisotopic (exact) mass is 388 g/mol. The van der Waals surface area contributed by atoms with Gasteiger partial charge in [0, 0.05) is 10.6 Å². The van der Waals surface area contributed by atoms with Gasteiger partial charge in [0.15, 0.2) is 5.82 Å². The molecule has 3 nitrogen and oxygen atoms in total. The molecule has 0 radical (unpaired) electrons. The van der Waals surface area contributed by atoms with Crippen molar-refractivity contribution in [1.29, 1.82) is 0 Å². The van der Waals surface area contributed by atoms with Gasteiger partial charge in [-0.15, -0.1) is 0 Å². The third kappa shape index (κ3) is 3.45. The van der Waals surface area contributed by atoms with Crippen molar-refractivity contribution in [1.82, 2.24) is 0 Å². The van der Waals surface area contributed by atoms with Gasteiger partial charge in [0.2, 0.25) is 0 Å². The second-order valence-corrected chi connectivity index (χ2v) is 5.79. The van der Waals surface area contributed by atoms with Gasteiger partial charge in [-0.3, -0.25) is 0 Å². The summed E-state index contributed by atoms with van der Waals surface area (Å²) >= 11 is 14.0. The van der Waals surface area contributed by atoms with Gasteiger partial charge in [-0.1, -0.05) is 23.8 Å². The minimum atomic E-state index is -0.498. The number of hydrogen-bond donors (Lipinski definition) is 2. The zero-order valence-electron chi connectivity index (χ0n) is 10.9. The van der Waals surface area contributed by atoms with Crippen LogP contribution in [0.2, 0.25) is 5.02 Å². The Hall–Kier alpha value is -1.37. The normalized spacial score (nSPS) is 10.3. The first kappa shape index (κ1) is 16.0. The highest BCUT2D eigenvalue weighted by atomic mass is 79.9. The van der Waals surface area contributed by atoms with Crippen LogP contribution < -0.4 is 15.8 Å². The second kappa shape index (κ2) is 6.60. The number of benzene rings is 2. The summed E-state index contributed by atoms with van der Waals surface area (Å²) in [4.78, 5) is 0.118. The number of hydrogen-bond acceptors (Lipinski definition) is 3. The summed E-state index contributed by atoms with van der Waals surface area (Å²) in [5.41, 5.74) is 6.77. The predicted octanol–water partition coefficient (Wildman–Crippen LogP) is 4.63. The molecule has 0 aromatic heterocycles. The quantitative estimate of drug-likeness (QED) is 0.749. The van der Waals surface area contributed by atoms with Gasteiger partial charge in [0.05, 0.1) is 23.0 Å². The Morgan fingerprint density at radius 1 is 1.33 bits per heavy atom. The molecule has 0 atom stereocenters. The molecule has 0 heterocycles. The van der Waals surface area contributed by atoms with Gasteiger partial charge in [0.1, 0.15) is 10.7 Å². The first-order chi connectivity index (χ1) is 9.93. The average Bonchev–Trinajstić information content (AvgIpc) is 2.44. The maximum Gasteiger partial charge on any atom is 0.161 e. The summed E-state index contributed by atoms with van der Waals surface area (Å²) in [5.74, 6) is 0.0515. The van der Waals surface area contributed by atoms with Crippen molar-refractivity contribution in [2.45, 2.75) is 0 Å². The fraction of sp³-hybridized carbons (Fsp3) is 0.0714. The van der Waals surface area contributed by atoms with Crippen molar-refractivity contribution in [2.75, 3.05) is 12.4 Å². The molecule has 0 saturated carbocycles. The number of methoxy groups -OCH3 is 1. The minimum Gasteiger partial charge on any atom is -0.495 e. The Morgan fingerprint density at radius 2 is 2.05 bits per heavy atom. The predicted molar refractivity (Wildman–Crippen MR) is 91.3 cm³/mol. The molecule has 110 valence electrons.